The topological polar surface area (TPSA) is 29.0 Å². The highest BCUT2D eigenvalue weighted by Gasteiger charge is 2.16. The van der Waals surface area contributed by atoms with Gasteiger partial charge >= 0.3 is 0 Å². The normalized spacial score (nSPS) is 17.5. The third kappa shape index (κ3) is 2.84. The highest BCUT2D eigenvalue weighted by atomic mass is 35.5. The summed E-state index contributed by atoms with van der Waals surface area (Å²) in [5.41, 5.74) is 0. The Hall–Kier alpha value is -0.870. The zero-order chi connectivity index (χ0) is 13.2. The molecule has 1 aliphatic heterocycles. The Morgan fingerprint density at radius 2 is 1.79 bits per heavy atom. The fraction of sp³-hybridized carbons (Fsp3) is 0.571. The van der Waals surface area contributed by atoms with Crippen molar-refractivity contribution >= 4 is 39.0 Å². The van der Waals surface area contributed by atoms with Gasteiger partial charge in [-0.15, -0.1) is 11.3 Å². The predicted molar refractivity (Wildman–Crippen MR) is 82.5 cm³/mol. The number of aromatic nitrogens is 2. The lowest BCUT2D eigenvalue weighted by atomic mass is 10.1. The molecule has 2 aromatic rings. The summed E-state index contributed by atoms with van der Waals surface area (Å²) in [6.07, 6.45) is 6.49. The van der Waals surface area contributed by atoms with E-state index in [9.17, 15) is 0 Å². The van der Waals surface area contributed by atoms with Crippen LogP contribution in [0.4, 0.5) is 5.82 Å². The van der Waals surface area contributed by atoms with Crippen molar-refractivity contribution in [3.63, 3.8) is 0 Å². The van der Waals surface area contributed by atoms with Crippen LogP contribution in [0, 0.1) is 6.92 Å². The van der Waals surface area contributed by atoms with E-state index in [0.717, 1.165) is 29.1 Å². The Morgan fingerprint density at radius 1 is 1.11 bits per heavy atom. The maximum absolute atomic E-state index is 6.08. The summed E-state index contributed by atoms with van der Waals surface area (Å²) in [5.74, 6) is 1.03. The Bertz CT molecular complexity index is 573. The molecule has 0 atom stereocenters. The number of nitrogens with zero attached hydrogens (tertiary/aromatic N) is 3. The molecule has 1 fully saturated rings. The number of aryl methyl sites for hydroxylation is 1. The van der Waals surface area contributed by atoms with E-state index in [1.54, 1.807) is 11.3 Å². The summed E-state index contributed by atoms with van der Waals surface area (Å²) < 4.78 is 0. The maximum Gasteiger partial charge on any atom is 0.225 e. The van der Waals surface area contributed by atoms with Crippen LogP contribution in [0.15, 0.2) is 6.07 Å². The molecule has 102 valence electrons. The molecule has 19 heavy (non-hydrogen) atoms. The van der Waals surface area contributed by atoms with Crippen molar-refractivity contribution in [1.29, 1.82) is 0 Å². The van der Waals surface area contributed by atoms with E-state index in [4.69, 9.17) is 11.6 Å². The van der Waals surface area contributed by atoms with Crippen LogP contribution in [-0.2, 0) is 0 Å². The van der Waals surface area contributed by atoms with Crippen molar-refractivity contribution in [1.82, 2.24) is 9.97 Å². The zero-order valence-corrected chi connectivity index (χ0v) is 12.7. The molecule has 0 spiro atoms. The van der Waals surface area contributed by atoms with E-state index in [1.807, 2.05) is 0 Å². The highest BCUT2D eigenvalue weighted by molar-refractivity contribution is 7.18. The van der Waals surface area contributed by atoms with Gasteiger partial charge in [-0.2, -0.15) is 4.98 Å². The average molecular weight is 296 g/mol. The summed E-state index contributed by atoms with van der Waals surface area (Å²) in [6, 6.07) is 2.18. The molecule has 0 radical (unpaired) electrons. The Labute approximate surface area is 122 Å². The quantitative estimate of drug-likeness (QED) is 0.729. The number of hydrogen-bond acceptors (Lipinski definition) is 4. The molecule has 0 aromatic carbocycles. The first kappa shape index (κ1) is 13.1. The highest BCUT2D eigenvalue weighted by Crippen LogP contribution is 2.32. The van der Waals surface area contributed by atoms with Gasteiger partial charge in [-0.25, -0.2) is 4.98 Å². The van der Waals surface area contributed by atoms with E-state index in [2.05, 4.69) is 27.9 Å². The lowest BCUT2D eigenvalue weighted by Crippen LogP contribution is -2.28. The minimum Gasteiger partial charge on any atom is -0.356 e. The van der Waals surface area contributed by atoms with Crippen molar-refractivity contribution < 1.29 is 0 Å². The molecule has 0 N–H and O–H groups in total. The minimum atomic E-state index is 0.367. The maximum atomic E-state index is 6.08. The first-order valence-corrected chi connectivity index (χ1v) is 8.12. The molecule has 3 nitrogen and oxygen atoms in total. The van der Waals surface area contributed by atoms with Gasteiger partial charge in [0.15, 0.2) is 0 Å². The summed E-state index contributed by atoms with van der Waals surface area (Å²) >= 11 is 7.77. The van der Waals surface area contributed by atoms with Gasteiger partial charge < -0.3 is 4.90 Å². The molecule has 2 aromatic heterocycles. The van der Waals surface area contributed by atoms with Crippen LogP contribution in [-0.4, -0.2) is 23.1 Å². The summed E-state index contributed by atoms with van der Waals surface area (Å²) in [4.78, 5) is 13.5. The fourth-order valence-corrected chi connectivity index (χ4v) is 3.79. The Morgan fingerprint density at radius 3 is 2.53 bits per heavy atom. The first-order valence-electron chi connectivity index (χ1n) is 6.93. The van der Waals surface area contributed by atoms with Gasteiger partial charge in [-0.1, -0.05) is 19.3 Å². The van der Waals surface area contributed by atoms with E-state index in [1.165, 1.54) is 37.0 Å². The molecule has 0 amide bonds. The van der Waals surface area contributed by atoms with Crippen molar-refractivity contribution in [2.75, 3.05) is 18.0 Å². The number of rotatable bonds is 1. The van der Waals surface area contributed by atoms with Crippen LogP contribution in [0.1, 0.15) is 37.0 Å². The van der Waals surface area contributed by atoms with Crippen LogP contribution in [0.5, 0.6) is 0 Å². The standard InChI is InChI=1S/C14H18ClN3S/c1-10-9-11-12(16-14(15)17-13(11)19-10)18-7-5-3-2-4-6-8-18/h9H,2-8H2,1H3. The van der Waals surface area contributed by atoms with Crippen LogP contribution < -0.4 is 4.90 Å². The smallest absolute Gasteiger partial charge is 0.225 e. The van der Waals surface area contributed by atoms with Crippen molar-refractivity contribution in [3.05, 3.63) is 16.2 Å². The van der Waals surface area contributed by atoms with Gasteiger partial charge in [-0.05, 0) is 37.4 Å². The average Bonchev–Trinajstić information content (AvgIpc) is 2.68. The minimum absolute atomic E-state index is 0.367. The molecule has 0 saturated carbocycles. The summed E-state index contributed by atoms with van der Waals surface area (Å²) in [6.45, 7) is 4.27. The van der Waals surface area contributed by atoms with E-state index in [0.29, 0.717) is 5.28 Å². The van der Waals surface area contributed by atoms with Gasteiger partial charge in [0, 0.05) is 18.0 Å². The van der Waals surface area contributed by atoms with Crippen molar-refractivity contribution in [2.45, 2.75) is 39.0 Å². The van der Waals surface area contributed by atoms with Crippen molar-refractivity contribution in [3.8, 4) is 0 Å². The Kier molecular flexibility index (Phi) is 3.89. The molecule has 5 heteroatoms. The van der Waals surface area contributed by atoms with Gasteiger partial charge in [0.2, 0.25) is 5.28 Å². The van der Waals surface area contributed by atoms with Gasteiger partial charge in [0.1, 0.15) is 10.6 Å². The Balaban J connectivity index is 2.01. The van der Waals surface area contributed by atoms with Gasteiger partial charge in [-0.3, -0.25) is 0 Å². The van der Waals surface area contributed by atoms with Crippen LogP contribution in [0.25, 0.3) is 10.2 Å². The molecule has 3 rings (SSSR count). The predicted octanol–water partition coefficient (Wildman–Crippen LogP) is 4.42. The zero-order valence-electron chi connectivity index (χ0n) is 11.2. The second kappa shape index (κ2) is 5.63. The molecule has 1 saturated heterocycles. The molecule has 0 aliphatic carbocycles. The number of fused-ring (bicyclic) bond motifs is 1. The van der Waals surface area contributed by atoms with Crippen LogP contribution in [0.3, 0.4) is 0 Å². The van der Waals surface area contributed by atoms with Crippen LogP contribution >= 0.6 is 22.9 Å². The number of halogens is 1. The van der Waals surface area contributed by atoms with E-state index < -0.39 is 0 Å². The van der Waals surface area contributed by atoms with Crippen molar-refractivity contribution in [2.24, 2.45) is 0 Å². The molecular formula is C14H18ClN3S. The second-order valence-electron chi connectivity index (χ2n) is 5.15. The number of thiophene rings is 1. The van der Waals surface area contributed by atoms with Gasteiger partial charge in [0.05, 0.1) is 5.39 Å². The molecule has 0 unspecified atom stereocenters. The van der Waals surface area contributed by atoms with Crippen LogP contribution in [0.2, 0.25) is 5.28 Å². The first-order chi connectivity index (χ1) is 9.24. The molecular weight excluding hydrogens is 278 g/mol. The molecule has 0 bridgehead atoms. The summed E-state index contributed by atoms with van der Waals surface area (Å²) in [5, 5.41) is 1.53. The monoisotopic (exact) mass is 295 g/mol. The third-order valence-electron chi connectivity index (χ3n) is 3.62. The largest absolute Gasteiger partial charge is 0.356 e. The van der Waals surface area contributed by atoms with E-state index in [-0.39, 0.29) is 0 Å². The second-order valence-corrected chi connectivity index (χ2v) is 6.72. The fourth-order valence-electron chi connectivity index (χ4n) is 2.70. The SMILES string of the molecule is Cc1cc2c(N3CCCCCCC3)nc(Cl)nc2s1. The molecule has 3 heterocycles. The lowest BCUT2D eigenvalue weighted by Gasteiger charge is -2.26. The molecule has 1 aliphatic rings. The van der Waals surface area contributed by atoms with E-state index >= 15 is 0 Å². The summed E-state index contributed by atoms with van der Waals surface area (Å²) in [7, 11) is 0. The van der Waals surface area contributed by atoms with Gasteiger partial charge in [0.25, 0.3) is 0 Å². The number of anilines is 1. The lowest BCUT2D eigenvalue weighted by molar-refractivity contribution is 0.554. The third-order valence-corrected chi connectivity index (χ3v) is 4.74. The number of hydrogen-bond donors (Lipinski definition) is 0.